The minimum Gasteiger partial charge on any atom is -0.480 e. The smallest absolute Gasteiger partial charge is 0.326 e. The van der Waals surface area contributed by atoms with Gasteiger partial charge in [-0.25, -0.2) is 4.79 Å². The predicted molar refractivity (Wildman–Crippen MR) is 79.2 cm³/mol. The Morgan fingerprint density at radius 1 is 1.33 bits per heavy atom. The maximum absolute atomic E-state index is 11.7. The molecule has 0 radical (unpaired) electrons. The highest BCUT2D eigenvalue weighted by Crippen LogP contribution is 2.08. The van der Waals surface area contributed by atoms with E-state index in [1.807, 2.05) is 0 Å². The average Bonchev–Trinajstić information content (AvgIpc) is 2.42. The summed E-state index contributed by atoms with van der Waals surface area (Å²) in [5.74, 6) is -0.678. The zero-order valence-corrected chi connectivity index (χ0v) is 12.9. The van der Waals surface area contributed by atoms with Gasteiger partial charge in [-0.05, 0) is 25.0 Å². The van der Waals surface area contributed by atoms with Gasteiger partial charge in [-0.15, -0.1) is 0 Å². The van der Waals surface area contributed by atoms with Crippen molar-refractivity contribution < 1.29 is 24.2 Å². The van der Waals surface area contributed by atoms with Crippen LogP contribution >= 0.6 is 11.8 Å². The van der Waals surface area contributed by atoms with Gasteiger partial charge in [0.25, 0.3) is 0 Å². The van der Waals surface area contributed by atoms with Crippen LogP contribution in [0, 0.1) is 0 Å². The molecule has 0 aliphatic carbocycles. The van der Waals surface area contributed by atoms with E-state index in [2.05, 4.69) is 10.6 Å². The summed E-state index contributed by atoms with van der Waals surface area (Å²) in [7, 11) is 0. The first kappa shape index (κ1) is 17.8. The van der Waals surface area contributed by atoms with E-state index in [-0.39, 0.29) is 17.9 Å². The number of rotatable bonds is 8. The Kier molecular flexibility index (Phi) is 8.14. The Labute approximate surface area is 128 Å². The molecule has 0 spiro atoms. The number of hydrogen-bond donors (Lipinski definition) is 3. The molecule has 3 N–H and O–H groups in total. The number of carbonyl (C=O) groups excluding carboxylic acids is 2. The van der Waals surface area contributed by atoms with Crippen molar-refractivity contribution in [2.45, 2.75) is 38.3 Å². The monoisotopic (exact) mass is 318 g/mol. The fourth-order valence-corrected chi connectivity index (χ4v) is 2.80. The third-order valence-electron chi connectivity index (χ3n) is 3.05. The lowest BCUT2D eigenvalue weighted by Gasteiger charge is -2.23. The zero-order chi connectivity index (χ0) is 15.7. The van der Waals surface area contributed by atoms with Crippen LogP contribution in [-0.4, -0.2) is 59.7 Å². The molecule has 0 aromatic heterocycles. The minimum absolute atomic E-state index is 0.0432. The molecular weight excluding hydrogens is 296 g/mol. The summed E-state index contributed by atoms with van der Waals surface area (Å²) in [5, 5.41) is 14.2. The van der Waals surface area contributed by atoms with E-state index in [0.29, 0.717) is 31.1 Å². The van der Waals surface area contributed by atoms with Crippen molar-refractivity contribution in [3.05, 3.63) is 0 Å². The van der Waals surface area contributed by atoms with Crippen molar-refractivity contribution in [2.75, 3.05) is 24.7 Å². The number of hydrogen-bond acceptors (Lipinski definition) is 5. The SMILES string of the molecule is CC(=O)NC(CCSCC(=O)NC1CCOCC1)C(=O)O. The van der Waals surface area contributed by atoms with Crippen LogP contribution in [0.2, 0.25) is 0 Å². The summed E-state index contributed by atoms with van der Waals surface area (Å²) in [4.78, 5) is 33.5. The van der Waals surface area contributed by atoms with Crippen molar-refractivity contribution >= 4 is 29.5 Å². The van der Waals surface area contributed by atoms with Gasteiger partial charge in [-0.2, -0.15) is 11.8 Å². The summed E-state index contributed by atoms with van der Waals surface area (Å²) in [6.45, 7) is 2.63. The summed E-state index contributed by atoms with van der Waals surface area (Å²) < 4.78 is 5.21. The van der Waals surface area contributed by atoms with Crippen molar-refractivity contribution in [3.8, 4) is 0 Å². The van der Waals surface area contributed by atoms with E-state index in [4.69, 9.17) is 9.84 Å². The fraction of sp³-hybridized carbons (Fsp3) is 0.769. The third kappa shape index (κ3) is 7.91. The lowest BCUT2D eigenvalue weighted by Crippen LogP contribution is -2.40. The highest BCUT2D eigenvalue weighted by molar-refractivity contribution is 7.99. The van der Waals surface area contributed by atoms with Gasteiger partial charge in [0.15, 0.2) is 0 Å². The molecule has 0 bridgehead atoms. The number of carboxylic acids is 1. The molecule has 1 aliphatic rings. The zero-order valence-electron chi connectivity index (χ0n) is 12.1. The molecule has 2 amide bonds. The first-order valence-corrected chi connectivity index (χ1v) is 8.09. The molecule has 0 aromatic rings. The van der Waals surface area contributed by atoms with Gasteiger partial charge in [0.05, 0.1) is 5.75 Å². The molecule has 21 heavy (non-hydrogen) atoms. The van der Waals surface area contributed by atoms with Crippen LogP contribution in [0.3, 0.4) is 0 Å². The molecule has 0 aromatic carbocycles. The largest absolute Gasteiger partial charge is 0.480 e. The molecule has 0 saturated carbocycles. The van der Waals surface area contributed by atoms with E-state index >= 15 is 0 Å². The Bertz CT molecular complexity index is 372. The van der Waals surface area contributed by atoms with E-state index in [0.717, 1.165) is 12.8 Å². The van der Waals surface area contributed by atoms with Gasteiger partial charge >= 0.3 is 5.97 Å². The lowest BCUT2D eigenvalue weighted by molar-refractivity contribution is -0.141. The molecule has 120 valence electrons. The molecule has 1 atom stereocenters. The Balaban J connectivity index is 2.15. The maximum Gasteiger partial charge on any atom is 0.326 e. The van der Waals surface area contributed by atoms with Crippen molar-refractivity contribution in [2.24, 2.45) is 0 Å². The maximum atomic E-state index is 11.7. The second kappa shape index (κ2) is 9.62. The van der Waals surface area contributed by atoms with Crippen LogP contribution in [-0.2, 0) is 19.1 Å². The second-order valence-corrected chi connectivity index (χ2v) is 5.99. The number of nitrogens with one attached hydrogen (secondary N) is 2. The predicted octanol–water partition coefficient (Wildman–Crippen LogP) is -0.00580. The molecule has 1 fully saturated rings. The van der Waals surface area contributed by atoms with Gasteiger partial charge in [-0.1, -0.05) is 0 Å². The molecule has 8 heteroatoms. The third-order valence-corrected chi connectivity index (χ3v) is 4.04. The highest BCUT2D eigenvalue weighted by atomic mass is 32.2. The number of carboxylic acid groups (broad SMARTS) is 1. The fourth-order valence-electron chi connectivity index (χ4n) is 1.98. The average molecular weight is 318 g/mol. The lowest BCUT2D eigenvalue weighted by atomic mass is 10.1. The van der Waals surface area contributed by atoms with E-state index in [1.165, 1.54) is 18.7 Å². The Morgan fingerprint density at radius 2 is 2.00 bits per heavy atom. The number of aliphatic carboxylic acids is 1. The molecular formula is C13H22N2O5S. The van der Waals surface area contributed by atoms with Crippen LogP contribution in [0.25, 0.3) is 0 Å². The molecule has 1 aliphatic heterocycles. The standard InChI is InChI=1S/C13H22N2O5S/c1-9(16)14-11(13(18)19)4-7-21-8-12(17)15-10-2-5-20-6-3-10/h10-11H,2-8H2,1H3,(H,14,16)(H,15,17)(H,18,19). The van der Waals surface area contributed by atoms with Gasteiger partial charge in [0, 0.05) is 26.2 Å². The van der Waals surface area contributed by atoms with Gasteiger partial charge in [0.2, 0.25) is 11.8 Å². The molecule has 1 saturated heterocycles. The van der Waals surface area contributed by atoms with Crippen LogP contribution in [0.4, 0.5) is 0 Å². The van der Waals surface area contributed by atoms with Crippen molar-refractivity contribution in [1.82, 2.24) is 10.6 Å². The van der Waals surface area contributed by atoms with Crippen LogP contribution in [0.1, 0.15) is 26.2 Å². The van der Waals surface area contributed by atoms with Crippen LogP contribution in [0.5, 0.6) is 0 Å². The quantitative estimate of drug-likeness (QED) is 0.544. The number of amides is 2. The highest BCUT2D eigenvalue weighted by Gasteiger charge is 2.19. The Morgan fingerprint density at radius 3 is 2.57 bits per heavy atom. The molecule has 7 nitrogen and oxygen atoms in total. The second-order valence-electron chi connectivity index (χ2n) is 4.89. The topological polar surface area (TPSA) is 105 Å². The normalized spacial score (nSPS) is 17.0. The van der Waals surface area contributed by atoms with E-state index in [1.54, 1.807) is 0 Å². The number of ether oxygens (including phenoxy) is 1. The first-order chi connectivity index (χ1) is 9.99. The van der Waals surface area contributed by atoms with Crippen molar-refractivity contribution in [1.29, 1.82) is 0 Å². The first-order valence-electron chi connectivity index (χ1n) is 6.94. The summed E-state index contributed by atoms with van der Waals surface area (Å²) >= 11 is 1.36. The van der Waals surface area contributed by atoms with Gasteiger partial charge < -0.3 is 20.5 Å². The van der Waals surface area contributed by atoms with Gasteiger partial charge in [0.1, 0.15) is 6.04 Å². The van der Waals surface area contributed by atoms with Gasteiger partial charge in [-0.3, -0.25) is 9.59 Å². The van der Waals surface area contributed by atoms with Crippen molar-refractivity contribution in [3.63, 3.8) is 0 Å². The molecule has 1 heterocycles. The molecule has 1 unspecified atom stereocenters. The summed E-state index contributed by atoms with van der Waals surface area (Å²) in [6, 6.07) is -0.716. The summed E-state index contributed by atoms with van der Waals surface area (Å²) in [5.41, 5.74) is 0. The van der Waals surface area contributed by atoms with Crippen LogP contribution in [0.15, 0.2) is 0 Å². The minimum atomic E-state index is -1.06. The Hall–Kier alpha value is -1.28. The summed E-state index contributed by atoms with van der Waals surface area (Å²) in [6.07, 6.45) is 1.96. The van der Waals surface area contributed by atoms with E-state index < -0.39 is 12.0 Å². The molecule has 1 rings (SSSR count). The van der Waals surface area contributed by atoms with E-state index in [9.17, 15) is 14.4 Å². The number of thioether (sulfide) groups is 1. The van der Waals surface area contributed by atoms with Crippen LogP contribution < -0.4 is 10.6 Å². The number of carbonyl (C=O) groups is 3.